The van der Waals surface area contributed by atoms with Crippen LogP contribution < -0.4 is 10.6 Å². The van der Waals surface area contributed by atoms with Crippen molar-refractivity contribution >= 4 is 35.3 Å². The predicted octanol–water partition coefficient (Wildman–Crippen LogP) is 1.15. The number of nitrogen functional groups attached to an aromatic ring is 1. The molecule has 0 aromatic carbocycles. The van der Waals surface area contributed by atoms with Crippen LogP contribution in [0.1, 0.15) is 18.0 Å². The summed E-state index contributed by atoms with van der Waals surface area (Å²) in [4.78, 5) is 19.9. The van der Waals surface area contributed by atoms with Gasteiger partial charge in [-0.15, -0.1) is 12.4 Å². The van der Waals surface area contributed by atoms with Gasteiger partial charge in [0.2, 0.25) is 11.9 Å². The Hall–Kier alpha value is -2.56. The lowest BCUT2D eigenvalue weighted by molar-refractivity contribution is 0.122. The van der Waals surface area contributed by atoms with Crippen LogP contribution in [0, 0.1) is 0 Å². The molecule has 5 rings (SSSR count). The minimum absolute atomic E-state index is 0. The standard InChI is InChI=1S/C17H20N8O2.ClH/c18-16-19-7-11(8-20-16)13-12-14(10-1-4-27-9-10)23-24-15(12)22-17(21-13)25-2-5-26-6-3-25;/h7-8,10H,1-6,9H2,(H2,18,19,20)(H,21,22,23,24);1H. The number of halogens is 1. The van der Waals surface area contributed by atoms with E-state index in [1.54, 1.807) is 12.4 Å². The van der Waals surface area contributed by atoms with Crippen LogP contribution in [0.5, 0.6) is 0 Å². The number of nitrogens with one attached hydrogen (secondary N) is 1. The van der Waals surface area contributed by atoms with E-state index in [2.05, 4.69) is 25.1 Å². The van der Waals surface area contributed by atoms with Gasteiger partial charge in [-0.3, -0.25) is 5.10 Å². The molecule has 5 heterocycles. The number of nitrogens with two attached hydrogens (primary N) is 1. The van der Waals surface area contributed by atoms with Crippen LogP contribution in [0.3, 0.4) is 0 Å². The third-order valence-electron chi connectivity index (χ3n) is 5.01. The summed E-state index contributed by atoms with van der Waals surface area (Å²) in [7, 11) is 0. The topological polar surface area (TPSA) is 128 Å². The van der Waals surface area contributed by atoms with Gasteiger partial charge < -0.3 is 20.1 Å². The van der Waals surface area contributed by atoms with Crippen LogP contribution in [-0.2, 0) is 9.47 Å². The first kappa shape index (κ1) is 18.8. The van der Waals surface area contributed by atoms with E-state index >= 15 is 0 Å². The van der Waals surface area contributed by atoms with Gasteiger partial charge in [0, 0.05) is 43.6 Å². The zero-order chi connectivity index (χ0) is 18.2. The van der Waals surface area contributed by atoms with E-state index < -0.39 is 0 Å². The molecule has 3 aromatic rings. The highest BCUT2D eigenvalue weighted by atomic mass is 35.5. The third kappa shape index (κ3) is 3.34. The van der Waals surface area contributed by atoms with Crippen LogP contribution in [0.25, 0.3) is 22.3 Å². The summed E-state index contributed by atoms with van der Waals surface area (Å²) in [6.07, 6.45) is 4.32. The molecule has 148 valence electrons. The first-order chi connectivity index (χ1) is 13.3. The first-order valence-electron chi connectivity index (χ1n) is 9.04. The van der Waals surface area contributed by atoms with Gasteiger partial charge in [-0.05, 0) is 6.42 Å². The van der Waals surface area contributed by atoms with Crippen LogP contribution in [0.2, 0.25) is 0 Å². The fraction of sp³-hybridized carbons (Fsp3) is 0.471. The normalized spacial score (nSPS) is 19.7. The van der Waals surface area contributed by atoms with Gasteiger partial charge >= 0.3 is 0 Å². The molecule has 0 spiro atoms. The summed E-state index contributed by atoms with van der Waals surface area (Å²) in [5.41, 5.74) is 8.85. The molecule has 3 N–H and O–H groups in total. The molecule has 0 radical (unpaired) electrons. The zero-order valence-electron chi connectivity index (χ0n) is 15.2. The van der Waals surface area contributed by atoms with Crippen LogP contribution >= 0.6 is 12.4 Å². The molecule has 10 nitrogen and oxygen atoms in total. The second kappa shape index (κ2) is 7.82. The summed E-state index contributed by atoms with van der Waals surface area (Å²) in [6, 6.07) is 0. The van der Waals surface area contributed by atoms with Gasteiger partial charge in [0.15, 0.2) is 5.65 Å². The van der Waals surface area contributed by atoms with E-state index in [4.69, 9.17) is 25.2 Å². The molecular formula is C17H21ClN8O2. The Morgan fingerprint density at radius 1 is 1.07 bits per heavy atom. The Kier molecular flexibility index (Phi) is 5.25. The van der Waals surface area contributed by atoms with Gasteiger partial charge in [-0.2, -0.15) is 10.1 Å². The van der Waals surface area contributed by atoms with Gasteiger partial charge in [0.05, 0.1) is 36.6 Å². The molecule has 2 fully saturated rings. The van der Waals surface area contributed by atoms with E-state index in [0.29, 0.717) is 31.4 Å². The lowest BCUT2D eigenvalue weighted by Gasteiger charge is -2.27. The zero-order valence-corrected chi connectivity index (χ0v) is 16.0. The molecule has 2 saturated heterocycles. The molecule has 0 amide bonds. The van der Waals surface area contributed by atoms with Gasteiger partial charge in [-0.1, -0.05) is 0 Å². The van der Waals surface area contributed by atoms with Crippen molar-refractivity contribution in [3.8, 4) is 11.3 Å². The summed E-state index contributed by atoms with van der Waals surface area (Å²) in [6.45, 7) is 4.23. The number of rotatable bonds is 3. The lowest BCUT2D eigenvalue weighted by atomic mass is 10.00. The maximum absolute atomic E-state index is 5.66. The number of ether oxygens (including phenoxy) is 2. The highest BCUT2D eigenvalue weighted by molar-refractivity contribution is 5.93. The minimum Gasteiger partial charge on any atom is -0.381 e. The number of hydrogen-bond acceptors (Lipinski definition) is 9. The number of morpholine rings is 1. The molecule has 2 aliphatic rings. The van der Waals surface area contributed by atoms with Gasteiger partial charge in [-0.25, -0.2) is 15.0 Å². The second-order valence-corrected chi connectivity index (χ2v) is 6.70. The number of nitrogens with zero attached hydrogens (tertiary/aromatic N) is 6. The smallest absolute Gasteiger partial charge is 0.228 e. The third-order valence-corrected chi connectivity index (χ3v) is 5.01. The van der Waals surface area contributed by atoms with E-state index in [0.717, 1.165) is 48.5 Å². The predicted molar refractivity (Wildman–Crippen MR) is 106 cm³/mol. The fourth-order valence-corrected chi connectivity index (χ4v) is 3.57. The molecule has 2 aliphatic heterocycles. The Labute approximate surface area is 167 Å². The average molecular weight is 405 g/mol. The summed E-state index contributed by atoms with van der Waals surface area (Å²) in [5, 5.41) is 8.53. The lowest BCUT2D eigenvalue weighted by Crippen LogP contribution is -2.37. The Bertz CT molecular complexity index is 952. The fourth-order valence-electron chi connectivity index (χ4n) is 3.57. The van der Waals surface area contributed by atoms with Crippen molar-refractivity contribution in [2.75, 3.05) is 50.2 Å². The van der Waals surface area contributed by atoms with Crippen molar-refractivity contribution in [2.24, 2.45) is 0 Å². The molecule has 1 atom stereocenters. The quantitative estimate of drug-likeness (QED) is 0.660. The monoisotopic (exact) mass is 404 g/mol. The molecule has 0 bridgehead atoms. The summed E-state index contributed by atoms with van der Waals surface area (Å²) < 4.78 is 11.0. The van der Waals surface area contributed by atoms with Crippen molar-refractivity contribution in [1.82, 2.24) is 30.1 Å². The minimum atomic E-state index is 0. The van der Waals surface area contributed by atoms with Crippen molar-refractivity contribution in [2.45, 2.75) is 12.3 Å². The van der Waals surface area contributed by atoms with E-state index in [1.165, 1.54) is 0 Å². The number of aromatic nitrogens is 6. The molecule has 0 saturated carbocycles. The van der Waals surface area contributed by atoms with Crippen molar-refractivity contribution in [3.63, 3.8) is 0 Å². The molecule has 11 heteroatoms. The molecule has 0 aliphatic carbocycles. The van der Waals surface area contributed by atoms with Crippen molar-refractivity contribution in [3.05, 3.63) is 18.1 Å². The maximum Gasteiger partial charge on any atom is 0.228 e. The van der Waals surface area contributed by atoms with E-state index in [1.807, 2.05) is 0 Å². The first-order valence-corrected chi connectivity index (χ1v) is 9.04. The molecule has 28 heavy (non-hydrogen) atoms. The van der Waals surface area contributed by atoms with Crippen LogP contribution in [0.4, 0.5) is 11.9 Å². The summed E-state index contributed by atoms with van der Waals surface area (Å²) >= 11 is 0. The van der Waals surface area contributed by atoms with Gasteiger partial charge in [0.1, 0.15) is 0 Å². The number of H-pyrrole nitrogens is 1. The number of anilines is 2. The maximum atomic E-state index is 5.66. The van der Waals surface area contributed by atoms with E-state index in [-0.39, 0.29) is 24.3 Å². The Morgan fingerprint density at radius 3 is 2.57 bits per heavy atom. The van der Waals surface area contributed by atoms with Crippen molar-refractivity contribution < 1.29 is 9.47 Å². The van der Waals surface area contributed by atoms with Crippen LogP contribution in [0.15, 0.2) is 12.4 Å². The second-order valence-electron chi connectivity index (χ2n) is 6.70. The highest BCUT2D eigenvalue weighted by Crippen LogP contribution is 2.35. The van der Waals surface area contributed by atoms with Gasteiger partial charge in [0.25, 0.3) is 0 Å². The number of aromatic amines is 1. The summed E-state index contributed by atoms with van der Waals surface area (Å²) in [5.74, 6) is 1.12. The number of hydrogen-bond donors (Lipinski definition) is 2. The van der Waals surface area contributed by atoms with E-state index in [9.17, 15) is 0 Å². The van der Waals surface area contributed by atoms with Crippen LogP contribution in [-0.4, -0.2) is 69.7 Å². The molecular weight excluding hydrogens is 384 g/mol. The number of fused-ring (bicyclic) bond motifs is 1. The molecule has 1 unspecified atom stereocenters. The Balaban J connectivity index is 0.00000192. The SMILES string of the molecule is Cl.Nc1ncc(-c2nc(N3CCOCC3)nc3n[nH]c(C4CCOC4)c23)cn1. The molecule has 3 aromatic heterocycles. The largest absolute Gasteiger partial charge is 0.381 e. The Morgan fingerprint density at radius 2 is 1.86 bits per heavy atom. The highest BCUT2D eigenvalue weighted by Gasteiger charge is 2.27. The van der Waals surface area contributed by atoms with Crippen molar-refractivity contribution in [1.29, 1.82) is 0 Å². The average Bonchev–Trinajstić information content (AvgIpc) is 3.38.